The lowest BCUT2D eigenvalue weighted by atomic mass is 9.95. The van der Waals surface area contributed by atoms with Crippen molar-refractivity contribution < 1.29 is 26.3 Å². The zero-order valence-corrected chi connectivity index (χ0v) is 26.1. The molecular formula is C30H38F3N7O3S. The first-order valence-corrected chi connectivity index (χ1v) is 16.7. The third-order valence-electron chi connectivity index (χ3n) is 9.05. The molecule has 5 heterocycles. The maximum Gasteiger partial charge on any atom is 0.416 e. The Hall–Kier alpha value is -3.23. The van der Waals surface area contributed by atoms with Crippen molar-refractivity contribution in [2.75, 3.05) is 63.3 Å². The van der Waals surface area contributed by atoms with Crippen molar-refractivity contribution in [1.82, 2.24) is 24.4 Å². The maximum atomic E-state index is 13.9. The molecule has 0 bridgehead atoms. The number of hydrogen-bond donors (Lipinski definition) is 0. The maximum absolute atomic E-state index is 13.9. The largest absolute Gasteiger partial charge is 0.416 e. The molecule has 6 rings (SSSR count). The molecular weight excluding hydrogens is 595 g/mol. The van der Waals surface area contributed by atoms with Crippen LogP contribution in [-0.4, -0.2) is 103 Å². The lowest BCUT2D eigenvalue weighted by Gasteiger charge is -2.33. The van der Waals surface area contributed by atoms with E-state index >= 15 is 0 Å². The molecule has 238 valence electrons. The van der Waals surface area contributed by atoms with Crippen molar-refractivity contribution in [1.29, 1.82) is 0 Å². The van der Waals surface area contributed by atoms with Gasteiger partial charge < -0.3 is 14.5 Å². The number of aliphatic imine (C=N–C) groups is 1. The molecule has 3 saturated heterocycles. The van der Waals surface area contributed by atoms with Crippen LogP contribution in [0.25, 0.3) is 5.65 Å². The van der Waals surface area contributed by atoms with E-state index in [-0.39, 0.29) is 23.5 Å². The molecule has 0 radical (unpaired) electrons. The Morgan fingerprint density at radius 1 is 1.16 bits per heavy atom. The van der Waals surface area contributed by atoms with Crippen molar-refractivity contribution >= 4 is 33.3 Å². The number of sulfone groups is 1. The third-order valence-corrected chi connectivity index (χ3v) is 10.9. The first-order chi connectivity index (χ1) is 20.9. The van der Waals surface area contributed by atoms with Crippen LogP contribution in [0.1, 0.15) is 47.3 Å². The summed E-state index contributed by atoms with van der Waals surface area (Å²) in [5.41, 5.74) is 2.00. The molecule has 3 fully saturated rings. The molecule has 2 aromatic heterocycles. The van der Waals surface area contributed by atoms with E-state index in [1.54, 1.807) is 16.9 Å². The van der Waals surface area contributed by atoms with Gasteiger partial charge in [0.2, 0.25) is 0 Å². The molecule has 44 heavy (non-hydrogen) atoms. The molecule has 3 aliphatic rings. The van der Waals surface area contributed by atoms with E-state index in [2.05, 4.69) is 9.80 Å². The number of nitrogens with zero attached hydrogens (tertiary/aromatic N) is 7. The number of anilines is 1. The Bertz CT molecular complexity index is 1680. The van der Waals surface area contributed by atoms with Crippen molar-refractivity contribution in [3.63, 3.8) is 0 Å². The van der Waals surface area contributed by atoms with Crippen LogP contribution < -0.4 is 4.90 Å². The van der Waals surface area contributed by atoms with E-state index < -0.39 is 27.1 Å². The van der Waals surface area contributed by atoms with Gasteiger partial charge in [-0.05, 0) is 49.9 Å². The highest BCUT2D eigenvalue weighted by Crippen LogP contribution is 2.41. The van der Waals surface area contributed by atoms with Gasteiger partial charge in [0, 0.05) is 51.8 Å². The van der Waals surface area contributed by atoms with Gasteiger partial charge in [0.05, 0.1) is 48.0 Å². The monoisotopic (exact) mass is 633 g/mol. The van der Waals surface area contributed by atoms with Gasteiger partial charge in [0.1, 0.15) is 5.69 Å². The predicted octanol–water partition coefficient (Wildman–Crippen LogP) is 3.86. The van der Waals surface area contributed by atoms with Crippen LogP contribution in [0, 0.1) is 6.92 Å². The lowest BCUT2D eigenvalue weighted by molar-refractivity contribution is -0.138. The molecule has 1 aromatic carbocycles. The summed E-state index contributed by atoms with van der Waals surface area (Å²) >= 11 is 0. The van der Waals surface area contributed by atoms with Gasteiger partial charge in [-0.1, -0.05) is 12.1 Å². The number of imidazole rings is 1. The average molecular weight is 634 g/mol. The van der Waals surface area contributed by atoms with E-state index in [4.69, 9.17) is 19.8 Å². The molecule has 1 atom stereocenters. The van der Waals surface area contributed by atoms with Crippen molar-refractivity contribution in [2.24, 2.45) is 4.99 Å². The summed E-state index contributed by atoms with van der Waals surface area (Å²) in [6, 6.07) is 6.14. The highest BCUT2D eigenvalue weighted by Gasteiger charge is 2.49. The summed E-state index contributed by atoms with van der Waals surface area (Å²) in [6.07, 6.45) is -0.386. The Balaban J connectivity index is 1.51. The van der Waals surface area contributed by atoms with Gasteiger partial charge in [0.15, 0.2) is 21.3 Å². The van der Waals surface area contributed by atoms with E-state index in [1.165, 1.54) is 13.0 Å². The number of benzene rings is 1. The Kier molecular flexibility index (Phi) is 8.12. The van der Waals surface area contributed by atoms with Gasteiger partial charge >= 0.3 is 6.18 Å². The molecule has 0 N–H and O–H groups in total. The van der Waals surface area contributed by atoms with Crippen LogP contribution in [0.5, 0.6) is 0 Å². The van der Waals surface area contributed by atoms with Crippen LogP contribution in [0.3, 0.4) is 0 Å². The first kappa shape index (κ1) is 30.8. The molecule has 0 saturated carbocycles. The zero-order valence-electron chi connectivity index (χ0n) is 25.3. The molecule has 10 nitrogen and oxygen atoms in total. The van der Waals surface area contributed by atoms with Gasteiger partial charge in [-0.2, -0.15) is 13.2 Å². The number of halogens is 3. The SMILES string of the molecule is Cc1c(Cc2c(CN3CCCC34CCS(=O)(=O)C4)nc3c(N=CN(C)C)cc(N4CCOCC4)nn23)cccc1C(F)(F)F. The number of hydrogen-bond acceptors (Lipinski definition) is 8. The standard InChI is InChI=1S/C30H38F3N7O3S/c1-21-22(6-4-7-23(21)30(31,32)33)16-26-25(18-39-10-5-8-29(39)9-15-44(41,42)19-29)35-28-24(34-20-37(2)3)17-27(36-40(26)28)38-11-13-43-14-12-38/h4,6-7,17,20H,5,8-16,18-19H2,1-3H3. The average Bonchev–Trinajstić information content (AvgIpc) is 3.62. The number of ether oxygens (including phenoxy) is 1. The molecule has 14 heteroatoms. The molecule has 1 unspecified atom stereocenters. The summed E-state index contributed by atoms with van der Waals surface area (Å²) < 4.78 is 74.1. The third kappa shape index (κ3) is 6.03. The number of rotatable bonds is 7. The van der Waals surface area contributed by atoms with E-state index in [9.17, 15) is 21.6 Å². The summed E-state index contributed by atoms with van der Waals surface area (Å²) in [5.74, 6) is 0.962. The van der Waals surface area contributed by atoms with Crippen molar-refractivity contribution in [3.8, 4) is 0 Å². The zero-order chi connectivity index (χ0) is 31.3. The van der Waals surface area contributed by atoms with Gasteiger partial charge in [-0.3, -0.25) is 4.90 Å². The van der Waals surface area contributed by atoms with Gasteiger partial charge in [0.25, 0.3) is 0 Å². The predicted molar refractivity (Wildman–Crippen MR) is 162 cm³/mol. The molecule has 3 aliphatic heterocycles. The number of alkyl halides is 3. The van der Waals surface area contributed by atoms with Crippen LogP contribution in [0.15, 0.2) is 29.3 Å². The minimum absolute atomic E-state index is 0.118. The molecule has 1 spiro atoms. The van der Waals surface area contributed by atoms with E-state index in [0.29, 0.717) is 73.4 Å². The molecule has 0 aliphatic carbocycles. The van der Waals surface area contributed by atoms with E-state index in [1.807, 2.05) is 25.1 Å². The highest BCUT2D eigenvalue weighted by atomic mass is 32.2. The normalized spacial score (nSPS) is 22.6. The fourth-order valence-electron chi connectivity index (χ4n) is 6.73. The highest BCUT2D eigenvalue weighted by molar-refractivity contribution is 7.91. The fraction of sp³-hybridized carbons (Fsp3) is 0.567. The second kappa shape index (κ2) is 11.6. The summed E-state index contributed by atoms with van der Waals surface area (Å²) in [5, 5.41) is 4.99. The topological polar surface area (TPSA) is 95.6 Å². The van der Waals surface area contributed by atoms with Crippen LogP contribution in [0.4, 0.5) is 24.7 Å². The number of likely N-dealkylation sites (tertiary alicyclic amines) is 1. The lowest BCUT2D eigenvalue weighted by Crippen LogP contribution is -2.44. The number of morpholine rings is 1. The van der Waals surface area contributed by atoms with Crippen LogP contribution >= 0.6 is 0 Å². The first-order valence-electron chi connectivity index (χ1n) is 14.9. The molecule has 3 aromatic rings. The van der Waals surface area contributed by atoms with Crippen LogP contribution in [0.2, 0.25) is 0 Å². The quantitative estimate of drug-likeness (QED) is 0.286. The minimum Gasteiger partial charge on any atom is -0.378 e. The smallest absolute Gasteiger partial charge is 0.378 e. The van der Waals surface area contributed by atoms with Crippen molar-refractivity contribution in [2.45, 2.75) is 50.9 Å². The number of aromatic nitrogens is 3. The second-order valence-electron chi connectivity index (χ2n) is 12.3. The summed E-state index contributed by atoms with van der Waals surface area (Å²) in [7, 11) is 0.597. The molecule has 0 amide bonds. The fourth-order valence-corrected chi connectivity index (χ4v) is 8.86. The second-order valence-corrected chi connectivity index (χ2v) is 14.5. The Morgan fingerprint density at radius 2 is 1.93 bits per heavy atom. The summed E-state index contributed by atoms with van der Waals surface area (Å²) in [4.78, 5) is 15.9. The Morgan fingerprint density at radius 3 is 2.61 bits per heavy atom. The van der Waals surface area contributed by atoms with Crippen LogP contribution in [-0.2, 0) is 33.7 Å². The van der Waals surface area contributed by atoms with Gasteiger partial charge in [-0.25, -0.2) is 22.9 Å². The summed E-state index contributed by atoms with van der Waals surface area (Å²) in [6.45, 7) is 5.00. The van der Waals surface area contributed by atoms with Gasteiger partial charge in [-0.15, -0.1) is 5.10 Å². The van der Waals surface area contributed by atoms with E-state index in [0.717, 1.165) is 25.5 Å². The minimum atomic E-state index is -4.48. The Labute approximate surface area is 255 Å². The number of fused-ring (bicyclic) bond motifs is 1. The van der Waals surface area contributed by atoms with Crippen molar-refractivity contribution in [3.05, 3.63) is 52.3 Å².